The molecule has 0 bridgehead atoms. The van der Waals surface area contributed by atoms with E-state index in [1.54, 1.807) is 4.52 Å². The number of nitrogens with one attached hydrogen (secondary N) is 1. The summed E-state index contributed by atoms with van der Waals surface area (Å²) in [5, 5.41) is 21.0. The number of rotatable bonds is 4. The van der Waals surface area contributed by atoms with E-state index in [4.69, 9.17) is 4.42 Å². The maximum Gasteiger partial charge on any atom is 0.235 e. The largest absolute Gasteiger partial charge is 0.458 e. The molecule has 0 saturated carbocycles. The lowest BCUT2D eigenvalue weighted by molar-refractivity contribution is 0.532. The lowest BCUT2D eigenvalue weighted by Gasteiger charge is -1.98. The van der Waals surface area contributed by atoms with Gasteiger partial charge in [-0.25, -0.2) is 0 Å². The number of furan rings is 1. The van der Waals surface area contributed by atoms with Crippen molar-refractivity contribution >= 4 is 16.3 Å². The Labute approximate surface area is 142 Å². The molecular formula is C16H18N6OS. The van der Waals surface area contributed by atoms with Gasteiger partial charge in [0.15, 0.2) is 16.6 Å². The molecule has 0 atom stereocenters. The number of nitrogens with zero attached hydrogens (tertiary/aromatic N) is 5. The second-order valence-electron chi connectivity index (χ2n) is 6.17. The predicted octanol–water partition coefficient (Wildman–Crippen LogP) is 3.50. The van der Waals surface area contributed by atoms with E-state index in [1.165, 1.54) is 16.9 Å². The Balaban J connectivity index is 1.65. The van der Waals surface area contributed by atoms with Gasteiger partial charge in [-0.3, -0.25) is 5.10 Å². The van der Waals surface area contributed by atoms with Crippen LogP contribution in [0, 0.1) is 13.8 Å². The van der Waals surface area contributed by atoms with Crippen molar-refractivity contribution in [3.05, 3.63) is 40.7 Å². The summed E-state index contributed by atoms with van der Waals surface area (Å²) >= 11 is 1.48. The highest BCUT2D eigenvalue weighted by atomic mass is 32.1. The summed E-state index contributed by atoms with van der Waals surface area (Å²) in [4.78, 5) is 0.785. The smallest absolute Gasteiger partial charge is 0.235 e. The summed E-state index contributed by atoms with van der Waals surface area (Å²) in [6.45, 7) is 8.18. The van der Waals surface area contributed by atoms with E-state index in [-0.39, 0.29) is 5.92 Å². The van der Waals surface area contributed by atoms with Crippen molar-refractivity contribution in [3.8, 4) is 10.8 Å². The van der Waals surface area contributed by atoms with E-state index >= 15 is 0 Å². The van der Waals surface area contributed by atoms with E-state index in [9.17, 15) is 0 Å². The van der Waals surface area contributed by atoms with Crippen LogP contribution in [0.15, 0.2) is 16.5 Å². The Hall–Kier alpha value is -2.48. The summed E-state index contributed by atoms with van der Waals surface area (Å²) in [5.74, 6) is 2.79. The SMILES string of the molecule is Cc1n[nH]c(C)c1Cc1ccc(-c2nn3c(C(C)C)nnc3s2)o1. The first-order chi connectivity index (χ1) is 11.5. The fraction of sp³-hybridized carbons (Fsp3) is 0.375. The summed E-state index contributed by atoms with van der Waals surface area (Å²) < 4.78 is 7.80. The summed E-state index contributed by atoms with van der Waals surface area (Å²) in [5.41, 5.74) is 3.26. The monoisotopic (exact) mass is 342 g/mol. The molecule has 4 heterocycles. The number of aromatic amines is 1. The van der Waals surface area contributed by atoms with Gasteiger partial charge >= 0.3 is 0 Å². The van der Waals surface area contributed by atoms with Crippen LogP contribution in [0.2, 0.25) is 0 Å². The maximum atomic E-state index is 6.00. The van der Waals surface area contributed by atoms with Gasteiger partial charge in [0.05, 0.1) is 5.69 Å². The molecule has 0 aromatic carbocycles. The third-order valence-electron chi connectivity index (χ3n) is 4.04. The Kier molecular flexibility index (Phi) is 3.49. The molecule has 4 aromatic rings. The summed E-state index contributed by atoms with van der Waals surface area (Å²) in [6, 6.07) is 3.95. The second-order valence-corrected chi connectivity index (χ2v) is 7.13. The van der Waals surface area contributed by atoms with Gasteiger partial charge in [0.25, 0.3) is 0 Å². The van der Waals surface area contributed by atoms with Crippen LogP contribution in [-0.4, -0.2) is 30.0 Å². The first kappa shape index (κ1) is 15.1. The van der Waals surface area contributed by atoms with E-state index < -0.39 is 0 Å². The van der Waals surface area contributed by atoms with Gasteiger partial charge in [0, 0.05) is 23.6 Å². The normalized spacial score (nSPS) is 11.9. The molecule has 0 aliphatic carbocycles. The molecule has 0 unspecified atom stereocenters. The average Bonchev–Trinajstić information content (AvgIpc) is 3.26. The van der Waals surface area contributed by atoms with Crippen LogP contribution < -0.4 is 0 Å². The third kappa shape index (κ3) is 2.43. The zero-order valence-electron chi connectivity index (χ0n) is 14.0. The number of hydrogen-bond acceptors (Lipinski definition) is 6. The van der Waals surface area contributed by atoms with Crippen LogP contribution in [0.3, 0.4) is 0 Å². The molecule has 0 radical (unpaired) electrons. The van der Waals surface area contributed by atoms with E-state index in [1.807, 2.05) is 26.0 Å². The lowest BCUT2D eigenvalue weighted by atomic mass is 10.1. The molecule has 0 aliphatic heterocycles. The molecular weight excluding hydrogens is 324 g/mol. The molecule has 124 valence electrons. The standard InChI is InChI=1S/C16H18N6OS/c1-8(2)14-19-20-16-22(14)21-15(24-16)13-6-5-11(23-13)7-12-9(3)17-18-10(12)4/h5-6,8H,7H2,1-4H3,(H,17,18). The highest BCUT2D eigenvalue weighted by molar-refractivity contribution is 7.19. The van der Waals surface area contributed by atoms with Crippen LogP contribution >= 0.6 is 11.3 Å². The van der Waals surface area contributed by atoms with Crippen molar-refractivity contribution in [2.24, 2.45) is 0 Å². The van der Waals surface area contributed by atoms with Gasteiger partial charge < -0.3 is 4.42 Å². The van der Waals surface area contributed by atoms with Crippen molar-refractivity contribution in [3.63, 3.8) is 0 Å². The molecule has 0 spiro atoms. The third-order valence-corrected chi connectivity index (χ3v) is 4.95. The van der Waals surface area contributed by atoms with Crippen LogP contribution in [0.4, 0.5) is 0 Å². The topological polar surface area (TPSA) is 84.9 Å². The Morgan fingerprint density at radius 1 is 1.25 bits per heavy atom. The first-order valence-corrected chi connectivity index (χ1v) is 8.66. The fourth-order valence-electron chi connectivity index (χ4n) is 2.69. The molecule has 24 heavy (non-hydrogen) atoms. The van der Waals surface area contributed by atoms with Crippen molar-refractivity contribution < 1.29 is 4.42 Å². The second kappa shape index (κ2) is 5.55. The molecule has 0 aliphatic rings. The molecule has 8 heteroatoms. The number of aryl methyl sites for hydroxylation is 2. The van der Waals surface area contributed by atoms with E-state index in [2.05, 4.69) is 39.3 Å². The minimum absolute atomic E-state index is 0.272. The van der Waals surface area contributed by atoms with Crippen LogP contribution in [-0.2, 0) is 6.42 Å². The van der Waals surface area contributed by atoms with Gasteiger partial charge in [0.2, 0.25) is 4.96 Å². The molecule has 1 N–H and O–H groups in total. The lowest BCUT2D eigenvalue weighted by Crippen LogP contribution is -1.97. The Morgan fingerprint density at radius 3 is 2.79 bits per heavy atom. The van der Waals surface area contributed by atoms with Crippen LogP contribution in [0.25, 0.3) is 15.7 Å². The van der Waals surface area contributed by atoms with Gasteiger partial charge in [0.1, 0.15) is 5.76 Å². The minimum Gasteiger partial charge on any atom is -0.458 e. The zero-order valence-corrected chi connectivity index (χ0v) is 14.8. The van der Waals surface area contributed by atoms with Gasteiger partial charge in [-0.15, -0.1) is 15.3 Å². The molecule has 4 aromatic heterocycles. The summed E-state index contributed by atoms with van der Waals surface area (Å²) in [6.07, 6.45) is 0.718. The highest BCUT2D eigenvalue weighted by Crippen LogP contribution is 2.29. The molecule has 0 saturated heterocycles. The molecule has 0 fully saturated rings. The quantitative estimate of drug-likeness (QED) is 0.613. The number of H-pyrrole nitrogens is 1. The van der Waals surface area contributed by atoms with Crippen molar-refractivity contribution in [1.29, 1.82) is 0 Å². The zero-order chi connectivity index (χ0) is 16.8. The minimum atomic E-state index is 0.272. The fourth-order valence-corrected chi connectivity index (χ4v) is 3.50. The number of fused-ring (bicyclic) bond motifs is 1. The Morgan fingerprint density at radius 2 is 2.08 bits per heavy atom. The van der Waals surface area contributed by atoms with Crippen LogP contribution in [0.5, 0.6) is 0 Å². The van der Waals surface area contributed by atoms with Crippen molar-refractivity contribution in [2.75, 3.05) is 0 Å². The van der Waals surface area contributed by atoms with Crippen molar-refractivity contribution in [1.82, 2.24) is 30.0 Å². The Bertz CT molecular complexity index is 986. The molecule has 7 nitrogen and oxygen atoms in total. The van der Waals surface area contributed by atoms with Gasteiger partial charge in [-0.05, 0) is 26.0 Å². The summed E-state index contributed by atoms with van der Waals surface area (Å²) in [7, 11) is 0. The molecule has 0 amide bonds. The number of hydrogen-bond donors (Lipinski definition) is 1. The highest BCUT2D eigenvalue weighted by Gasteiger charge is 2.17. The number of aromatic nitrogens is 6. The van der Waals surface area contributed by atoms with Crippen molar-refractivity contribution in [2.45, 2.75) is 40.0 Å². The maximum absolute atomic E-state index is 6.00. The van der Waals surface area contributed by atoms with Gasteiger partial charge in [-0.1, -0.05) is 25.2 Å². The first-order valence-electron chi connectivity index (χ1n) is 7.84. The average molecular weight is 342 g/mol. The van der Waals surface area contributed by atoms with E-state index in [0.29, 0.717) is 0 Å². The van der Waals surface area contributed by atoms with E-state index in [0.717, 1.165) is 45.1 Å². The predicted molar refractivity (Wildman–Crippen MR) is 91.3 cm³/mol. The van der Waals surface area contributed by atoms with Gasteiger partial charge in [-0.2, -0.15) is 9.61 Å². The van der Waals surface area contributed by atoms with Crippen LogP contribution in [0.1, 0.15) is 48.3 Å². The molecule has 4 rings (SSSR count).